The average Bonchev–Trinajstić information content (AvgIpc) is 2.61. The Balaban J connectivity index is 1.57. The average molecular weight is 336 g/mol. The molecular formula is C21H28N4. The molecule has 1 aliphatic carbocycles. The first-order valence-corrected chi connectivity index (χ1v) is 9.55. The van der Waals surface area contributed by atoms with E-state index >= 15 is 0 Å². The van der Waals surface area contributed by atoms with Gasteiger partial charge in [0.1, 0.15) is 18.0 Å². The smallest absolute Gasteiger partial charge is 0.134 e. The molecule has 2 heterocycles. The molecule has 0 radical (unpaired) electrons. The maximum Gasteiger partial charge on any atom is 0.134 e. The van der Waals surface area contributed by atoms with Crippen molar-refractivity contribution in [3.63, 3.8) is 0 Å². The Morgan fingerprint density at radius 3 is 2.60 bits per heavy atom. The third kappa shape index (κ3) is 3.48. The molecule has 4 rings (SSSR count). The number of hydrogen-bond donors (Lipinski definition) is 1. The Labute approximate surface area is 150 Å². The van der Waals surface area contributed by atoms with E-state index in [0.29, 0.717) is 6.04 Å². The van der Waals surface area contributed by atoms with Crippen molar-refractivity contribution in [2.75, 3.05) is 10.2 Å². The van der Waals surface area contributed by atoms with Gasteiger partial charge in [-0.1, -0.05) is 43.5 Å². The van der Waals surface area contributed by atoms with Crippen molar-refractivity contribution in [1.29, 1.82) is 0 Å². The monoisotopic (exact) mass is 336 g/mol. The third-order valence-corrected chi connectivity index (χ3v) is 5.69. The quantitative estimate of drug-likeness (QED) is 0.892. The first-order chi connectivity index (χ1) is 12.1. The van der Waals surface area contributed by atoms with Crippen molar-refractivity contribution in [2.24, 2.45) is 0 Å². The van der Waals surface area contributed by atoms with E-state index < -0.39 is 0 Å². The van der Waals surface area contributed by atoms with Crippen LogP contribution in [0.15, 0.2) is 36.7 Å². The number of rotatable bonds is 3. The van der Waals surface area contributed by atoms with Gasteiger partial charge in [-0.3, -0.25) is 0 Å². The molecule has 4 nitrogen and oxygen atoms in total. The standard InChI is InChI=1S/C21H28N4/c1-21(2)13-16-8-6-7-9-17(16)14-25(21)20-12-19(22-15-23-20)24-18-10-4-3-5-11-18/h6-9,12,15,18H,3-5,10-11,13-14H2,1-2H3,(H,22,23,24). The summed E-state index contributed by atoms with van der Waals surface area (Å²) in [5.41, 5.74) is 2.91. The van der Waals surface area contributed by atoms with E-state index in [1.807, 2.05) is 0 Å². The minimum atomic E-state index is 0.0464. The Morgan fingerprint density at radius 2 is 1.80 bits per heavy atom. The highest BCUT2D eigenvalue weighted by Crippen LogP contribution is 2.34. The molecule has 132 valence electrons. The molecule has 2 aliphatic rings. The van der Waals surface area contributed by atoms with E-state index in [4.69, 9.17) is 0 Å². The largest absolute Gasteiger partial charge is 0.367 e. The topological polar surface area (TPSA) is 41.0 Å². The van der Waals surface area contributed by atoms with Crippen LogP contribution in [-0.2, 0) is 13.0 Å². The maximum atomic E-state index is 4.60. The van der Waals surface area contributed by atoms with Gasteiger partial charge in [-0.05, 0) is 44.2 Å². The minimum Gasteiger partial charge on any atom is -0.367 e. The highest BCUT2D eigenvalue weighted by molar-refractivity contribution is 5.53. The summed E-state index contributed by atoms with van der Waals surface area (Å²) in [5.74, 6) is 1.99. The SMILES string of the molecule is CC1(C)Cc2ccccc2CN1c1cc(NC2CCCCC2)ncn1. The van der Waals surface area contributed by atoms with Crippen molar-refractivity contribution in [1.82, 2.24) is 9.97 Å². The van der Waals surface area contributed by atoms with E-state index in [2.05, 4.69) is 64.4 Å². The maximum absolute atomic E-state index is 4.60. The molecule has 1 N–H and O–H groups in total. The normalized spacial score (nSPS) is 20.2. The van der Waals surface area contributed by atoms with E-state index in [1.54, 1.807) is 6.33 Å². The van der Waals surface area contributed by atoms with Crippen LogP contribution in [0.2, 0.25) is 0 Å². The van der Waals surface area contributed by atoms with Gasteiger partial charge in [0.25, 0.3) is 0 Å². The highest BCUT2D eigenvalue weighted by atomic mass is 15.3. The van der Waals surface area contributed by atoms with Crippen LogP contribution in [0.5, 0.6) is 0 Å². The van der Waals surface area contributed by atoms with Crippen LogP contribution in [0, 0.1) is 0 Å². The molecule has 0 spiro atoms. The molecule has 1 aromatic heterocycles. The number of hydrogen-bond acceptors (Lipinski definition) is 4. The van der Waals surface area contributed by atoms with Crippen molar-refractivity contribution >= 4 is 11.6 Å². The highest BCUT2D eigenvalue weighted by Gasteiger charge is 2.33. The van der Waals surface area contributed by atoms with Gasteiger partial charge < -0.3 is 10.2 Å². The molecule has 25 heavy (non-hydrogen) atoms. The second-order valence-electron chi connectivity index (χ2n) is 8.08. The minimum absolute atomic E-state index is 0.0464. The van der Waals surface area contributed by atoms with Crippen LogP contribution in [0.1, 0.15) is 57.1 Å². The van der Waals surface area contributed by atoms with Crippen molar-refractivity contribution in [2.45, 2.75) is 70.5 Å². The Hall–Kier alpha value is -2.10. The lowest BCUT2D eigenvalue weighted by Crippen LogP contribution is -2.49. The van der Waals surface area contributed by atoms with Crippen LogP contribution in [0.25, 0.3) is 0 Å². The number of aromatic nitrogens is 2. The predicted molar refractivity (Wildman–Crippen MR) is 103 cm³/mol. The first-order valence-electron chi connectivity index (χ1n) is 9.55. The predicted octanol–water partition coefficient (Wildman–Crippen LogP) is 4.56. The number of fused-ring (bicyclic) bond motifs is 1. The Morgan fingerprint density at radius 1 is 1.04 bits per heavy atom. The molecule has 1 aromatic carbocycles. The van der Waals surface area contributed by atoms with Crippen molar-refractivity contribution in [3.8, 4) is 0 Å². The second-order valence-corrected chi connectivity index (χ2v) is 8.08. The lowest BCUT2D eigenvalue weighted by molar-refractivity contribution is 0.427. The Kier molecular flexibility index (Phi) is 4.36. The van der Waals surface area contributed by atoms with E-state index in [0.717, 1.165) is 24.6 Å². The van der Waals surface area contributed by atoms with Gasteiger partial charge in [0.05, 0.1) is 0 Å². The summed E-state index contributed by atoms with van der Waals surface area (Å²) in [6, 6.07) is 11.5. The van der Waals surface area contributed by atoms with Crippen LogP contribution >= 0.6 is 0 Å². The van der Waals surface area contributed by atoms with Crippen molar-refractivity contribution < 1.29 is 0 Å². The molecule has 1 aliphatic heterocycles. The molecule has 2 aromatic rings. The van der Waals surface area contributed by atoms with Gasteiger partial charge in [0, 0.05) is 24.2 Å². The van der Waals surface area contributed by atoms with Crippen LogP contribution in [0.4, 0.5) is 11.6 Å². The molecule has 0 saturated heterocycles. The van der Waals surface area contributed by atoms with Gasteiger partial charge in [-0.15, -0.1) is 0 Å². The summed E-state index contributed by atoms with van der Waals surface area (Å²) < 4.78 is 0. The summed E-state index contributed by atoms with van der Waals surface area (Å²) in [7, 11) is 0. The summed E-state index contributed by atoms with van der Waals surface area (Å²) in [6.45, 7) is 5.52. The van der Waals surface area contributed by atoms with Crippen molar-refractivity contribution in [3.05, 3.63) is 47.8 Å². The Bertz CT molecular complexity index is 734. The summed E-state index contributed by atoms with van der Waals surface area (Å²) in [6.07, 6.45) is 9.27. The molecule has 0 atom stereocenters. The lowest BCUT2D eigenvalue weighted by Gasteiger charge is -2.44. The van der Waals surface area contributed by atoms with Gasteiger partial charge in [0.15, 0.2) is 0 Å². The molecular weight excluding hydrogens is 308 g/mol. The molecule has 0 bridgehead atoms. The zero-order valence-corrected chi connectivity index (χ0v) is 15.3. The number of anilines is 2. The van der Waals surface area contributed by atoms with Crippen LogP contribution < -0.4 is 10.2 Å². The zero-order valence-electron chi connectivity index (χ0n) is 15.3. The van der Waals surface area contributed by atoms with E-state index in [9.17, 15) is 0 Å². The van der Waals surface area contributed by atoms with Crippen LogP contribution in [0.3, 0.4) is 0 Å². The number of nitrogens with zero attached hydrogens (tertiary/aromatic N) is 3. The molecule has 1 fully saturated rings. The summed E-state index contributed by atoms with van der Waals surface area (Å²) in [5, 5.41) is 3.63. The molecule has 0 amide bonds. The number of nitrogens with one attached hydrogen (secondary N) is 1. The lowest BCUT2D eigenvalue weighted by atomic mass is 9.85. The van der Waals surface area contributed by atoms with Gasteiger partial charge in [-0.2, -0.15) is 0 Å². The zero-order chi connectivity index (χ0) is 17.3. The van der Waals surface area contributed by atoms with Gasteiger partial charge >= 0.3 is 0 Å². The fourth-order valence-electron chi connectivity index (χ4n) is 4.25. The molecule has 0 unspecified atom stereocenters. The summed E-state index contributed by atoms with van der Waals surface area (Å²) >= 11 is 0. The van der Waals surface area contributed by atoms with Gasteiger partial charge in [-0.25, -0.2) is 9.97 Å². The first kappa shape index (κ1) is 16.4. The second kappa shape index (κ2) is 6.66. The number of benzene rings is 1. The fraction of sp³-hybridized carbons (Fsp3) is 0.524. The van der Waals surface area contributed by atoms with E-state index in [-0.39, 0.29) is 5.54 Å². The van der Waals surface area contributed by atoms with Gasteiger partial charge in [0.2, 0.25) is 0 Å². The third-order valence-electron chi connectivity index (χ3n) is 5.69. The molecule has 4 heteroatoms. The van der Waals surface area contributed by atoms with Crippen LogP contribution in [-0.4, -0.2) is 21.5 Å². The fourth-order valence-corrected chi connectivity index (χ4v) is 4.25. The molecule has 1 saturated carbocycles. The summed E-state index contributed by atoms with van der Waals surface area (Å²) in [4.78, 5) is 11.5. The van der Waals surface area contributed by atoms with E-state index in [1.165, 1.54) is 43.2 Å².